The van der Waals surface area contributed by atoms with Crippen LogP contribution >= 0.6 is 0 Å². The second-order valence-electron chi connectivity index (χ2n) is 5.56. The first kappa shape index (κ1) is 14.1. The minimum absolute atomic E-state index is 0.737. The van der Waals surface area contributed by atoms with Crippen LogP contribution in [0.5, 0.6) is 5.75 Å². The Morgan fingerprint density at radius 2 is 1.76 bits per heavy atom. The van der Waals surface area contributed by atoms with Crippen molar-refractivity contribution in [3.05, 3.63) is 54.1 Å². The Labute approximate surface area is 125 Å². The predicted octanol–water partition coefficient (Wildman–Crippen LogP) is 2.93. The maximum absolute atomic E-state index is 10.8. The van der Waals surface area contributed by atoms with Gasteiger partial charge < -0.3 is 15.2 Å². The summed E-state index contributed by atoms with van der Waals surface area (Å²) < 4.78 is 5.55. The summed E-state index contributed by atoms with van der Waals surface area (Å²) in [4.78, 5) is 0. The van der Waals surface area contributed by atoms with Crippen molar-refractivity contribution in [2.24, 2.45) is 0 Å². The van der Waals surface area contributed by atoms with Crippen molar-refractivity contribution < 1.29 is 9.84 Å². The van der Waals surface area contributed by atoms with Crippen LogP contribution in [-0.4, -0.2) is 25.3 Å². The van der Waals surface area contributed by atoms with Crippen LogP contribution in [0.25, 0.3) is 11.1 Å². The summed E-state index contributed by atoms with van der Waals surface area (Å²) in [6, 6.07) is 16.2. The Balaban J connectivity index is 1.99. The number of rotatable bonds is 3. The first-order valence-electron chi connectivity index (χ1n) is 7.40. The van der Waals surface area contributed by atoms with E-state index in [2.05, 4.69) is 17.4 Å². The maximum Gasteiger partial charge on any atom is 0.127 e. The van der Waals surface area contributed by atoms with E-state index >= 15 is 0 Å². The van der Waals surface area contributed by atoms with E-state index in [0.717, 1.165) is 48.4 Å². The van der Waals surface area contributed by atoms with Gasteiger partial charge in [-0.1, -0.05) is 42.5 Å². The Kier molecular flexibility index (Phi) is 3.95. The fraction of sp³-hybridized carbons (Fsp3) is 0.333. The molecule has 0 aliphatic carbocycles. The molecule has 3 heteroatoms. The molecule has 0 spiro atoms. The molecule has 110 valence electrons. The van der Waals surface area contributed by atoms with Crippen LogP contribution in [0.3, 0.4) is 0 Å². The molecule has 1 heterocycles. The van der Waals surface area contributed by atoms with Gasteiger partial charge in [0, 0.05) is 5.56 Å². The lowest BCUT2D eigenvalue weighted by molar-refractivity contribution is 0.00578. The van der Waals surface area contributed by atoms with E-state index in [-0.39, 0.29) is 0 Å². The molecular formula is C18H21NO2. The van der Waals surface area contributed by atoms with Crippen LogP contribution in [0, 0.1) is 0 Å². The SMILES string of the molecule is COc1cc(C2(O)CCNCC2)ccc1-c1ccccc1. The normalized spacial score (nSPS) is 17.4. The molecule has 1 aliphatic heterocycles. The highest BCUT2D eigenvalue weighted by atomic mass is 16.5. The number of aliphatic hydroxyl groups is 1. The van der Waals surface area contributed by atoms with Gasteiger partial charge in [0.15, 0.2) is 0 Å². The molecule has 0 atom stereocenters. The molecule has 2 aromatic rings. The third kappa shape index (κ3) is 2.80. The summed E-state index contributed by atoms with van der Waals surface area (Å²) in [5.74, 6) is 0.811. The molecule has 0 saturated carbocycles. The summed E-state index contributed by atoms with van der Waals surface area (Å²) in [6.07, 6.45) is 1.47. The summed E-state index contributed by atoms with van der Waals surface area (Å²) in [5, 5.41) is 14.1. The largest absolute Gasteiger partial charge is 0.496 e. The van der Waals surface area contributed by atoms with E-state index in [0.29, 0.717) is 0 Å². The van der Waals surface area contributed by atoms with E-state index in [1.165, 1.54) is 0 Å². The van der Waals surface area contributed by atoms with E-state index in [1.54, 1.807) is 7.11 Å². The van der Waals surface area contributed by atoms with Gasteiger partial charge in [0.2, 0.25) is 0 Å². The summed E-state index contributed by atoms with van der Waals surface area (Å²) in [5.41, 5.74) is 2.38. The fourth-order valence-corrected chi connectivity index (χ4v) is 2.97. The van der Waals surface area contributed by atoms with Crippen molar-refractivity contribution in [2.45, 2.75) is 18.4 Å². The van der Waals surface area contributed by atoms with Gasteiger partial charge in [0.1, 0.15) is 5.75 Å². The van der Waals surface area contributed by atoms with Crippen molar-refractivity contribution in [3.63, 3.8) is 0 Å². The first-order chi connectivity index (χ1) is 10.2. The quantitative estimate of drug-likeness (QED) is 0.910. The van der Waals surface area contributed by atoms with Gasteiger partial charge in [-0.2, -0.15) is 0 Å². The highest BCUT2D eigenvalue weighted by molar-refractivity contribution is 5.71. The smallest absolute Gasteiger partial charge is 0.127 e. The molecule has 0 unspecified atom stereocenters. The average molecular weight is 283 g/mol. The number of nitrogens with one attached hydrogen (secondary N) is 1. The minimum Gasteiger partial charge on any atom is -0.496 e. The van der Waals surface area contributed by atoms with Gasteiger partial charge in [0.05, 0.1) is 12.7 Å². The van der Waals surface area contributed by atoms with Crippen LogP contribution in [0.1, 0.15) is 18.4 Å². The lowest BCUT2D eigenvalue weighted by Gasteiger charge is -2.33. The number of hydrogen-bond acceptors (Lipinski definition) is 3. The molecule has 1 saturated heterocycles. The van der Waals surface area contributed by atoms with Gasteiger partial charge in [-0.25, -0.2) is 0 Å². The van der Waals surface area contributed by atoms with Crippen molar-refractivity contribution in [2.75, 3.05) is 20.2 Å². The highest BCUT2D eigenvalue weighted by Gasteiger charge is 2.31. The average Bonchev–Trinajstić information content (AvgIpc) is 2.56. The molecule has 2 N–H and O–H groups in total. The topological polar surface area (TPSA) is 41.5 Å². The maximum atomic E-state index is 10.8. The van der Waals surface area contributed by atoms with Crippen molar-refractivity contribution >= 4 is 0 Å². The standard InChI is InChI=1S/C18H21NO2/c1-21-17-13-15(18(20)9-11-19-12-10-18)7-8-16(17)14-5-3-2-4-6-14/h2-8,13,19-20H,9-12H2,1H3. The molecule has 0 radical (unpaired) electrons. The number of piperidine rings is 1. The van der Waals surface area contributed by atoms with Crippen molar-refractivity contribution in [3.8, 4) is 16.9 Å². The van der Waals surface area contributed by atoms with Gasteiger partial charge in [-0.15, -0.1) is 0 Å². The Morgan fingerprint density at radius 3 is 2.43 bits per heavy atom. The molecule has 0 bridgehead atoms. The van der Waals surface area contributed by atoms with Crippen LogP contribution in [0.15, 0.2) is 48.5 Å². The second kappa shape index (κ2) is 5.88. The number of ether oxygens (including phenoxy) is 1. The zero-order valence-electron chi connectivity index (χ0n) is 12.3. The zero-order valence-corrected chi connectivity index (χ0v) is 12.3. The van der Waals surface area contributed by atoms with Crippen LogP contribution in [-0.2, 0) is 5.60 Å². The van der Waals surface area contributed by atoms with Crippen molar-refractivity contribution in [1.29, 1.82) is 0 Å². The number of hydrogen-bond donors (Lipinski definition) is 2. The third-order valence-electron chi connectivity index (χ3n) is 4.25. The molecule has 0 amide bonds. The second-order valence-corrected chi connectivity index (χ2v) is 5.56. The summed E-state index contributed by atoms with van der Waals surface area (Å²) in [7, 11) is 1.68. The molecular weight excluding hydrogens is 262 g/mol. The Hall–Kier alpha value is -1.84. The van der Waals surface area contributed by atoms with E-state index in [9.17, 15) is 5.11 Å². The van der Waals surface area contributed by atoms with Crippen LogP contribution in [0.2, 0.25) is 0 Å². The molecule has 1 aliphatic rings. The lowest BCUT2D eigenvalue weighted by Crippen LogP contribution is -2.39. The molecule has 3 rings (SSSR count). The van der Waals surface area contributed by atoms with E-state index < -0.39 is 5.60 Å². The van der Waals surface area contributed by atoms with Crippen molar-refractivity contribution in [1.82, 2.24) is 5.32 Å². The van der Waals surface area contributed by atoms with Gasteiger partial charge in [-0.3, -0.25) is 0 Å². The first-order valence-corrected chi connectivity index (χ1v) is 7.40. The third-order valence-corrected chi connectivity index (χ3v) is 4.25. The molecule has 0 aromatic heterocycles. The minimum atomic E-state index is -0.742. The summed E-state index contributed by atoms with van der Waals surface area (Å²) >= 11 is 0. The van der Waals surface area contributed by atoms with Gasteiger partial charge in [0.25, 0.3) is 0 Å². The van der Waals surface area contributed by atoms with Gasteiger partial charge >= 0.3 is 0 Å². The Morgan fingerprint density at radius 1 is 1.05 bits per heavy atom. The molecule has 3 nitrogen and oxygen atoms in total. The molecule has 21 heavy (non-hydrogen) atoms. The predicted molar refractivity (Wildman–Crippen MR) is 84.4 cm³/mol. The molecule has 1 fully saturated rings. The highest BCUT2D eigenvalue weighted by Crippen LogP contribution is 2.37. The number of methoxy groups -OCH3 is 1. The molecule has 2 aromatic carbocycles. The lowest BCUT2D eigenvalue weighted by atomic mass is 9.84. The van der Waals surface area contributed by atoms with E-state index in [1.807, 2.05) is 36.4 Å². The monoisotopic (exact) mass is 283 g/mol. The Bertz CT molecular complexity index is 604. The number of benzene rings is 2. The van der Waals surface area contributed by atoms with Crippen LogP contribution < -0.4 is 10.1 Å². The van der Waals surface area contributed by atoms with Crippen LogP contribution in [0.4, 0.5) is 0 Å². The van der Waals surface area contributed by atoms with E-state index in [4.69, 9.17) is 4.74 Å². The summed E-state index contributed by atoms with van der Waals surface area (Å²) in [6.45, 7) is 1.69. The zero-order chi connectivity index (χ0) is 14.7. The fourth-order valence-electron chi connectivity index (χ4n) is 2.97. The van der Waals surface area contributed by atoms with Gasteiger partial charge in [-0.05, 0) is 43.1 Å².